The molecular weight excluding hydrogens is 425 g/mol. The average Bonchev–Trinajstić information content (AvgIpc) is 3.07. The van der Waals surface area contributed by atoms with Crippen molar-refractivity contribution in [3.8, 4) is 0 Å². The average molecular weight is 452 g/mol. The third-order valence-corrected chi connectivity index (χ3v) is 5.98. The first-order chi connectivity index (χ1) is 15.8. The lowest BCUT2D eigenvalue weighted by Gasteiger charge is -2.30. The van der Waals surface area contributed by atoms with E-state index >= 15 is 0 Å². The van der Waals surface area contributed by atoms with Crippen LogP contribution in [0.2, 0.25) is 0 Å². The van der Waals surface area contributed by atoms with Crippen molar-refractivity contribution in [2.24, 2.45) is 0 Å². The number of benzene rings is 2. The standard InChI is InChI=1S/C24H26FN5O3/c1-16-23(30(32)33)17(2)29(27-16)15-18-6-8-19(9-7-18)24(31)26-21-14-20(25)10-11-22(21)28-12-4-3-5-13-28/h6-11,14H,3-5,12-13,15H2,1-2H3,(H,26,31). The fourth-order valence-corrected chi connectivity index (χ4v) is 4.25. The molecule has 172 valence electrons. The van der Waals surface area contributed by atoms with Gasteiger partial charge in [-0.25, -0.2) is 4.39 Å². The van der Waals surface area contributed by atoms with Gasteiger partial charge in [-0.15, -0.1) is 0 Å². The van der Waals surface area contributed by atoms with E-state index in [0.717, 1.165) is 37.2 Å². The molecule has 1 aromatic heterocycles. The number of rotatable bonds is 6. The van der Waals surface area contributed by atoms with Gasteiger partial charge in [0.05, 0.1) is 22.8 Å². The summed E-state index contributed by atoms with van der Waals surface area (Å²) in [6, 6.07) is 11.4. The lowest BCUT2D eigenvalue weighted by atomic mass is 10.1. The summed E-state index contributed by atoms with van der Waals surface area (Å²) in [7, 11) is 0. The Morgan fingerprint density at radius 3 is 2.45 bits per heavy atom. The lowest BCUT2D eigenvalue weighted by molar-refractivity contribution is -0.386. The molecule has 4 rings (SSSR count). The third-order valence-electron chi connectivity index (χ3n) is 5.98. The highest BCUT2D eigenvalue weighted by Gasteiger charge is 2.22. The van der Waals surface area contributed by atoms with Crippen LogP contribution in [0.25, 0.3) is 0 Å². The number of aromatic nitrogens is 2. The zero-order valence-electron chi connectivity index (χ0n) is 18.7. The van der Waals surface area contributed by atoms with Gasteiger partial charge in [0.15, 0.2) is 0 Å². The first-order valence-electron chi connectivity index (χ1n) is 11.0. The number of anilines is 2. The van der Waals surface area contributed by atoms with E-state index < -0.39 is 10.7 Å². The lowest BCUT2D eigenvalue weighted by Crippen LogP contribution is -2.30. The van der Waals surface area contributed by atoms with Crippen molar-refractivity contribution in [2.45, 2.75) is 39.7 Å². The van der Waals surface area contributed by atoms with E-state index in [1.54, 1.807) is 48.9 Å². The Hall–Kier alpha value is -3.75. The molecule has 1 aliphatic heterocycles. The van der Waals surface area contributed by atoms with Crippen LogP contribution in [0.3, 0.4) is 0 Å². The van der Waals surface area contributed by atoms with Crippen LogP contribution in [-0.2, 0) is 6.54 Å². The van der Waals surface area contributed by atoms with E-state index in [2.05, 4.69) is 15.3 Å². The second-order valence-corrected chi connectivity index (χ2v) is 8.29. The first kappa shape index (κ1) is 22.4. The van der Waals surface area contributed by atoms with Crippen LogP contribution in [0.4, 0.5) is 21.5 Å². The highest BCUT2D eigenvalue weighted by molar-refractivity contribution is 6.06. The summed E-state index contributed by atoms with van der Waals surface area (Å²) in [4.78, 5) is 25.8. The van der Waals surface area contributed by atoms with Gasteiger partial charge in [0.2, 0.25) is 0 Å². The maximum atomic E-state index is 13.9. The van der Waals surface area contributed by atoms with Crippen LogP contribution in [0.15, 0.2) is 42.5 Å². The molecule has 0 saturated carbocycles. The predicted molar refractivity (Wildman–Crippen MR) is 124 cm³/mol. The molecule has 0 bridgehead atoms. The van der Waals surface area contributed by atoms with Crippen LogP contribution < -0.4 is 10.2 Å². The summed E-state index contributed by atoms with van der Waals surface area (Å²) in [5.74, 6) is -0.729. The number of carbonyl (C=O) groups excluding carboxylic acids is 1. The topological polar surface area (TPSA) is 93.3 Å². The molecule has 1 aliphatic rings. The monoisotopic (exact) mass is 451 g/mol. The molecule has 8 nitrogen and oxygen atoms in total. The molecule has 1 amide bonds. The zero-order chi connectivity index (χ0) is 23.5. The van der Waals surface area contributed by atoms with Gasteiger partial charge >= 0.3 is 5.69 Å². The van der Waals surface area contributed by atoms with Crippen molar-refractivity contribution >= 4 is 23.0 Å². The number of hydrogen-bond acceptors (Lipinski definition) is 5. The smallest absolute Gasteiger partial charge is 0.312 e. The zero-order valence-corrected chi connectivity index (χ0v) is 18.7. The quantitative estimate of drug-likeness (QED) is 0.428. The summed E-state index contributed by atoms with van der Waals surface area (Å²) in [5.41, 5.74) is 3.45. The van der Waals surface area contributed by atoms with Crippen molar-refractivity contribution in [3.05, 3.63) is 80.9 Å². The van der Waals surface area contributed by atoms with Crippen LogP contribution >= 0.6 is 0 Å². The van der Waals surface area contributed by atoms with Gasteiger partial charge in [-0.2, -0.15) is 5.10 Å². The Labute approximate surface area is 191 Å². The number of piperidine rings is 1. The molecule has 1 fully saturated rings. The maximum absolute atomic E-state index is 13.9. The fourth-order valence-electron chi connectivity index (χ4n) is 4.25. The number of amides is 1. The van der Waals surface area contributed by atoms with Crippen LogP contribution in [0.5, 0.6) is 0 Å². The van der Waals surface area contributed by atoms with Gasteiger partial charge in [0.25, 0.3) is 5.91 Å². The van der Waals surface area contributed by atoms with E-state index in [1.807, 2.05) is 0 Å². The first-order valence-corrected chi connectivity index (χ1v) is 11.0. The third kappa shape index (κ3) is 4.87. The maximum Gasteiger partial charge on any atom is 0.312 e. The van der Waals surface area contributed by atoms with Crippen molar-refractivity contribution in [1.29, 1.82) is 0 Å². The highest BCUT2D eigenvalue weighted by atomic mass is 19.1. The number of halogens is 1. The molecule has 0 aliphatic carbocycles. The number of nitrogens with zero attached hydrogens (tertiary/aromatic N) is 4. The van der Waals surface area contributed by atoms with E-state index in [1.165, 1.54) is 18.6 Å². The van der Waals surface area contributed by atoms with Crippen molar-refractivity contribution in [2.75, 3.05) is 23.3 Å². The minimum Gasteiger partial charge on any atom is -0.370 e. The van der Waals surface area contributed by atoms with Gasteiger partial charge in [0, 0.05) is 18.7 Å². The minimum atomic E-state index is -0.424. The van der Waals surface area contributed by atoms with Crippen LogP contribution in [0, 0.1) is 29.8 Å². The molecule has 9 heteroatoms. The molecule has 33 heavy (non-hydrogen) atoms. The Kier molecular flexibility index (Phi) is 6.39. The minimum absolute atomic E-state index is 0.0191. The van der Waals surface area contributed by atoms with Crippen molar-refractivity contribution < 1.29 is 14.1 Å². The Balaban J connectivity index is 1.49. The van der Waals surface area contributed by atoms with Gasteiger partial charge in [-0.3, -0.25) is 19.6 Å². The van der Waals surface area contributed by atoms with E-state index in [-0.39, 0.29) is 11.6 Å². The molecule has 1 saturated heterocycles. The van der Waals surface area contributed by atoms with Crippen molar-refractivity contribution in [1.82, 2.24) is 9.78 Å². The summed E-state index contributed by atoms with van der Waals surface area (Å²) in [6.07, 6.45) is 3.33. The second kappa shape index (κ2) is 9.40. The summed E-state index contributed by atoms with van der Waals surface area (Å²) < 4.78 is 15.5. The number of nitrogens with one attached hydrogen (secondary N) is 1. The molecule has 1 N–H and O–H groups in total. The van der Waals surface area contributed by atoms with Crippen LogP contribution in [-0.4, -0.2) is 33.7 Å². The van der Waals surface area contributed by atoms with Gasteiger partial charge in [0.1, 0.15) is 17.2 Å². The molecular formula is C24H26FN5O3. The Bertz CT molecular complexity index is 1180. The molecule has 0 unspecified atom stereocenters. The summed E-state index contributed by atoms with van der Waals surface area (Å²) in [5, 5.41) is 18.3. The van der Waals surface area contributed by atoms with E-state index in [4.69, 9.17) is 0 Å². The fraction of sp³-hybridized carbons (Fsp3) is 0.333. The number of aryl methyl sites for hydroxylation is 1. The summed E-state index contributed by atoms with van der Waals surface area (Å²) >= 11 is 0. The normalized spacial score (nSPS) is 13.7. The highest BCUT2D eigenvalue weighted by Crippen LogP contribution is 2.30. The SMILES string of the molecule is Cc1nn(Cc2ccc(C(=O)Nc3cc(F)ccc3N3CCCCC3)cc2)c(C)c1[N+](=O)[O-]. The summed E-state index contributed by atoms with van der Waals surface area (Å²) in [6.45, 7) is 5.39. The molecule has 3 aromatic rings. The van der Waals surface area contributed by atoms with Crippen molar-refractivity contribution in [3.63, 3.8) is 0 Å². The predicted octanol–water partition coefficient (Wildman–Crippen LogP) is 4.84. The Morgan fingerprint density at radius 2 is 1.82 bits per heavy atom. The van der Waals surface area contributed by atoms with Gasteiger partial charge < -0.3 is 10.2 Å². The molecule has 0 spiro atoms. The Morgan fingerprint density at radius 1 is 1.12 bits per heavy atom. The number of nitro groups is 1. The molecule has 2 aromatic carbocycles. The molecule has 0 radical (unpaired) electrons. The van der Waals surface area contributed by atoms with Gasteiger partial charge in [-0.05, 0) is 69.0 Å². The second-order valence-electron chi connectivity index (χ2n) is 8.29. The molecule has 0 atom stereocenters. The number of carbonyl (C=O) groups is 1. The van der Waals surface area contributed by atoms with Crippen LogP contribution in [0.1, 0.15) is 46.6 Å². The number of hydrogen-bond donors (Lipinski definition) is 1. The van der Waals surface area contributed by atoms with E-state index in [0.29, 0.717) is 29.2 Å². The largest absolute Gasteiger partial charge is 0.370 e. The van der Waals surface area contributed by atoms with E-state index in [9.17, 15) is 19.3 Å². The van der Waals surface area contributed by atoms with Gasteiger partial charge in [-0.1, -0.05) is 12.1 Å². The molecule has 2 heterocycles.